The third kappa shape index (κ3) is 4.83. The largest absolute Gasteiger partial charge is 0.507 e. The second kappa shape index (κ2) is 8.87. The third-order valence-corrected chi connectivity index (χ3v) is 3.94. The van der Waals surface area contributed by atoms with Crippen molar-refractivity contribution in [2.45, 2.75) is 20.8 Å². The summed E-state index contributed by atoms with van der Waals surface area (Å²) in [7, 11) is 0. The molecule has 0 aliphatic rings. The van der Waals surface area contributed by atoms with E-state index in [0.717, 1.165) is 18.8 Å². The number of aliphatic imine (C=N–C) groups is 1. The van der Waals surface area contributed by atoms with Gasteiger partial charge in [0, 0.05) is 48.7 Å². The number of phenolic OH excluding ortho intramolecular Hbond substituents is 1. The van der Waals surface area contributed by atoms with Gasteiger partial charge in [-0.2, -0.15) is 0 Å². The van der Waals surface area contributed by atoms with Crippen LogP contribution in [-0.4, -0.2) is 36.9 Å². The second-order valence-corrected chi connectivity index (χ2v) is 5.58. The molecule has 0 spiro atoms. The summed E-state index contributed by atoms with van der Waals surface area (Å²) in [6.07, 6.45) is 1.61. The number of carbonyl (C=O) groups excluding carboxylic acids is 1. The molecule has 5 nitrogen and oxygen atoms in total. The van der Waals surface area contributed by atoms with Crippen LogP contribution >= 0.6 is 0 Å². The van der Waals surface area contributed by atoms with Crippen LogP contribution in [0, 0.1) is 0 Å². The molecule has 0 heterocycles. The van der Waals surface area contributed by atoms with Crippen molar-refractivity contribution in [1.82, 2.24) is 5.32 Å². The van der Waals surface area contributed by atoms with Gasteiger partial charge in [0.05, 0.1) is 5.69 Å². The molecule has 132 valence electrons. The third-order valence-electron chi connectivity index (χ3n) is 3.94. The lowest BCUT2D eigenvalue weighted by Crippen LogP contribution is -2.22. The molecule has 25 heavy (non-hydrogen) atoms. The summed E-state index contributed by atoms with van der Waals surface area (Å²) < 4.78 is 0. The van der Waals surface area contributed by atoms with E-state index in [-0.39, 0.29) is 11.7 Å². The number of phenols is 1. The maximum atomic E-state index is 11.9. The highest BCUT2D eigenvalue weighted by Crippen LogP contribution is 2.24. The predicted octanol–water partition coefficient (Wildman–Crippen LogP) is 3.74. The molecule has 0 fully saturated rings. The van der Waals surface area contributed by atoms with Gasteiger partial charge in [-0.3, -0.25) is 9.79 Å². The number of benzene rings is 2. The van der Waals surface area contributed by atoms with Gasteiger partial charge in [0.1, 0.15) is 5.75 Å². The van der Waals surface area contributed by atoms with E-state index in [2.05, 4.69) is 29.1 Å². The lowest BCUT2D eigenvalue weighted by molar-refractivity contribution is 0.0956. The molecular formula is C20H25N3O2. The first-order chi connectivity index (χ1) is 12.1. The van der Waals surface area contributed by atoms with E-state index >= 15 is 0 Å². The monoisotopic (exact) mass is 339 g/mol. The Labute approximate surface area is 149 Å². The summed E-state index contributed by atoms with van der Waals surface area (Å²) in [5, 5.41) is 13.0. The minimum absolute atomic E-state index is 0.119. The molecule has 0 radical (unpaired) electrons. The van der Waals surface area contributed by atoms with Crippen molar-refractivity contribution in [3.63, 3.8) is 0 Å². The normalized spacial score (nSPS) is 10.8. The van der Waals surface area contributed by atoms with Gasteiger partial charge in [0.2, 0.25) is 0 Å². The lowest BCUT2D eigenvalue weighted by Gasteiger charge is -2.21. The number of nitrogens with zero attached hydrogens (tertiary/aromatic N) is 2. The van der Waals surface area contributed by atoms with Crippen molar-refractivity contribution < 1.29 is 9.90 Å². The van der Waals surface area contributed by atoms with Crippen LogP contribution in [0.5, 0.6) is 5.75 Å². The number of rotatable bonds is 7. The van der Waals surface area contributed by atoms with Gasteiger partial charge < -0.3 is 15.3 Å². The van der Waals surface area contributed by atoms with Crippen LogP contribution in [0.2, 0.25) is 0 Å². The van der Waals surface area contributed by atoms with E-state index in [1.807, 2.05) is 25.1 Å². The zero-order valence-corrected chi connectivity index (χ0v) is 15.0. The molecule has 0 aliphatic carbocycles. The van der Waals surface area contributed by atoms with Crippen molar-refractivity contribution in [1.29, 1.82) is 0 Å². The van der Waals surface area contributed by atoms with Gasteiger partial charge in [0.25, 0.3) is 5.91 Å². The lowest BCUT2D eigenvalue weighted by atomic mass is 10.1. The molecule has 2 N–H and O–H groups in total. The average Bonchev–Trinajstić information content (AvgIpc) is 2.62. The summed E-state index contributed by atoms with van der Waals surface area (Å²) in [5.41, 5.74) is 2.85. The van der Waals surface area contributed by atoms with Crippen LogP contribution in [-0.2, 0) is 0 Å². The summed E-state index contributed by atoms with van der Waals surface area (Å²) in [6.45, 7) is 8.39. The van der Waals surface area contributed by atoms with Gasteiger partial charge in [-0.25, -0.2) is 0 Å². The molecule has 0 unspecified atom stereocenters. The first-order valence-electron chi connectivity index (χ1n) is 8.59. The molecule has 1 amide bonds. The molecular weight excluding hydrogens is 314 g/mol. The Balaban J connectivity index is 2.19. The van der Waals surface area contributed by atoms with Gasteiger partial charge in [-0.05, 0) is 51.1 Å². The molecule has 0 aromatic heterocycles. The number of amides is 1. The van der Waals surface area contributed by atoms with Crippen LogP contribution in [0.1, 0.15) is 36.7 Å². The SMILES string of the molecule is CCNC(=O)c1cccc(N=Cc2ccc(N(CC)CC)cc2O)c1. The number of carbonyl (C=O) groups is 1. The highest BCUT2D eigenvalue weighted by atomic mass is 16.3. The van der Waals surface area contributed by atoms with Crippen LogP contribution in [0.4, 0.5) is 11.4 Å². The maximum Gasteiger partial charge on any atom is 0.251 e. The van der Waals surface area contributed by atoms with Crippen LogP contribution in [0.3, 0.4) is 0 Å². The Morgan fingerprint density at radius 1 is 1.16 bits per heavy atom. The summed E-state index contributed by atoms with van der Waals surface area (Å²) in [4.78, 5) is 18.4. The quantitative estimate of drug-likeness (QED) is 0.755. The fraction of sp³-hybridized carbons (Fsp3) is 0.300. The summed E-state index contributed by atoms with van der Waals surface area (Å²) >= 11 is 0. The molecule has 5 heteroatoms. The van der Waals surface area contributed by atoms with Gasteiger partial charge in [0.15, 0.2) is 0 Å². The molecule has 0 atom stereocenters. The molecule has 2 aromatic carbocycles. The Kier molecular flexibility index (Phi) is 6.57. The van der Waals surface area contributed by atoms with Crippen molar-refractivity contribution in [2.75, 3.05) is 24.5 Å². The Morgan fingerprint density at radius 2 is 1.92 bits per heavy atom. The average molecular weight is 339 g/mol. The van der Waals surface area contributed by atoms with Gasteiger partial charge in [-0.1, -0.05) is 6.07 Å². The number of aromatic hydroxyl groups is 1. The van der Waals surface area contributed by atoms with Crippen LogP contribution in [0.25, 0.3) is 0 Å². The van der Waals surface area contributed by atoms with Gasteiger partial charge >= 0.3 is 0 Å². The maximum absolute atomic E-state index is 11.9. The van der Waals surface area contributed by atoms with E-state index in [9.17, 15) is 9.90 Å². The van der Waals surface area contributed by atoms with E-state index in [1.165, 1.54) is 0 Å². The van der Waals surface area contributed by atoms with Crippen molar-refractivity contribution in [3.05, 3.63) is 53.6 Å². The van der Waals surface area contributed by atoms with Crippen molar-refractivity contribution >= 4 is 23.5 Å². The minimum atomic E-state index is -0.119. The topological polar surface area (TPSA) is 64.9 Å². The minimum Gasteiger partial charge on any atom is -0.507 e. The standard InChI is InChI=1S/C20H25N3O2/c1-4-21-20(25)15-8-7-9-17(12-15)22-14-16-10-11-18(13-19(16)24)23(5-2)6-3/h7-14,24H,4-6H2,1-3H3,(H,21,25). The van der Waals surface area contributed by atoms with E-state index in [1.54, 1.807) is 30.5 Å². The number of hydrogen-bond acceptors (Lipinski definition) is 4. The first-order valence-corrected chi connectivity index (χ1v) is 8.59. The van der Waals surface area contributed by atoms with Crippen LogP contribution in [0.15, 0.2) is 47.5 Å². The van der Waals surface area contributed by atoms with Crippen LogP contribution < -0.4 is 10.2 Å². The van der Waals surface area contributed by atoms with Crippen molar-refractivity contribution in [2.24, 2.45) is 4.99 Å². The second-order valence-electron chi connectivity index (χ2n) is 5.58. The fourth-order valence-corrected chi connectivity index (χ4v) is 2.56. The molecule has 0 saturated heterocycles. The van der Waals surface area contributed by atoms with Gasteiger partial charge in [-0.15, -0.1) is 0 Å². The number of nitrogens with one attached hydrogen (secondary N) is 1. The molecule has 0 bridgehead atoms. The molecule has 0 aliphatic heterocycles. The van der Waals surface area contributed by atoms with Crippen molar-refractivity contribution in [3.8, 4) is 5.75 Å². The fourth-order valence-electron chi connectivity index (χ4n) is 2.56. The number of hydrogen-bond donors (Lipinski definition) is 2. The highest BCUT2D eigenvalue weighted by Gasteiger charge is 2.06. The van der Waals surface area contributed by atoms with E-state index in [4.69, 9.17) is 0 Å². The highest BCUT2D eigenvalue weighted by molar-refractivity contribution is 5.95. The Bertz CT molecular complexity index is 752. The smallest absolute Gasteiger partial charge is 0.251 e. The molecule has 2 aromatic rings. The van der Waals surface area contributed by atoms with E-state index in [0.29, 0.717) is 23.4 Å². The predicted molar refractivity (Wildman–Crippen MR) is 103 cm³/mol. The zero-order valence-electron chi connectivity index (χ0n) is 15.0. The molecule has 2 rings (SSSR count). The van der Waals surface area contributed by atoms with E-state index < -0.39 is 0 Å². The number of anilines is 1. The first kappa shape index (κ1) is 18.5. The molecule has 0 saturated carbocycles. The zero-order chi connectivity index (χ0) is 18.2. The summed E-state index contributed by atoms with van der Waals surface area (Å²) in [6, 6.07) is 12.7. The Morgan fingerprint density at radius 3 is 2.56 bits per heavy atom. The Hall–Kier alpha value is -2.82. The summed E-state index contributed by atoms with van der Waals surface area (Å²) in [5.74, 6) is 0.0685.